The van der Waals surface area contributed by atoms with Crippen LogP contribution in [0.4, 0.5) is 5.82 Å². The van der Waals surface area contributed by atoms with Crippen LogP contribution in [0.1, 0.15) is 43.7 Å². The van der Waals surface area contributed by atoms with E-state index in [0.29, 0.717) is 17.8 Å². The van der Waals surface area contributed by atoms with Crippen molar-refractivity contribution < 1.29 is 5.11 Å². The smallest absolute Gasteiger partial charge is 0.132 e. The van der Waals surface area contributed by atoms with Crippen molar-refractivity contribution in [2.75, 3.05) is 44.2 Å². The molecule has 3 heterocycles. The summed E-state index contributed by atoms with van der Waals surface area (Å²) in [5.41, 5.74) is 1.20. The zero-order chi connectivity index (χ0) is 15.6. The van der Waals surface area contributed by atoms with Gasteiger partial charge in [-0.2, -0.15) is 0 Å². The molecule has 1 aliphatic carbocycles. The van der Waals surface area contributed by atoms with Crippen LogP contribution in [-0.4, -0.2) is 59.3 Å². The van der Waals surface area contributed by atoms with Crippen molar-refractivity contribution >= 4 is 5.82 Å². The van der Waals surface area contributed by atoms with Crippen molar-refractivity contribution in [3.63, 3.8) is 0 Å². The molecule has 0 spiro atoms. The standard InChI is InChI=1S/C18H28N4O/c23-12-16-11-22(10-15(16)9-21-6-2-1-3-7-21)18-8-17(14-4-5-14)19-13-20-18/h8,13-16,23H,1-7,9-12H2/t15-,16-/m0/s1. The Bertz CT molecular complexity index is 528. The van der Waals surface area contributed by atoms with E-state index in [1.54, 1.807) is 6.33 Å². The van der Waals surface area contributed by atoms with Crippen LogP contribution in [0.3, 0.4) is 0 Å². The minimum atomic E-state index is 0.287. The molecule has 1 N–H and O–H groups in total. The average Bonchev–Trinajstić information content (AvgIpc) is 3.37. The quantitative estimate of drug-likeness (QED) is 0.899. The van der Waals surface area contributed by atoms with E-state index in [2.05, 4.69) is 25.8 Å². The van der Waals surface area contributed by atoms with Gasteiger partial charge in [0.05, 0.1) is 0 Å². The predicted octanol–water partition coefficient (Wildman–Crippen LogP) is 1.88. The number of nitrogens with zero attached hydrogens (tertiary/aromatic N) is 4. The fraction of sp³-hybridized carbons (Fsp3) is 0.778. The van der Waals surface area contributed by atoms with Gasteiger partial charge >= 0.3 is 0 Å². The lowest BCUT2D eigenvalue weighted by Crippen LogP contribution is -2.37. The third kappa shape index (κ3) is 3.50. The van der Waals surface area contributed by atoms with Gasteiger partial charge in [-0.1, -0.05) is 6.42 Å². The molecule has 1 saturated carbocycles. The maximum atomic E-state index is 9.81. The summed E-state index contributed by atoms with van der Waals surface area (Å²) in [7, 11) is 0. The van der Waals surface area contributed by atoms with E-state index in [4.69, 9.17) is 0 Å². The molecule has 126 valence electrons. The first-order valence-corrected chi connectivity index (χ1v) is 9.23. The van der Waals surface area contributed by atoms with Gasteiger partial charge in [0.25, 0.3) is 0 Å². The van der Waals surface area contributed by atoms with E-state index >= 15 is 0 Å². The second-order valence-corrected chi connectivity index (χ2v) is 7.54. The van der Waals surface area contributed by atoms with Crippen molar-refractivity contribution in [3.05, 3.63) is 18.1 Å². The third-order valence-electron chi connectivity index (χ3n) is 5.75. The van der Waals surface area contributed by atoms with Gasteiger partial charge in [0.15, 0.2) is 0 Å². The molecule has 23 heavy (non-hydrogen) atoms. The molecule has 0 aromatic carbocycles. The molecular weight excluding hydrogens is 288 g/mol. The number of aliphatic hydroxyl groups excluding tert-OH is 1. The van der Waals surface area contributed by atoms with Gasteiger partial charge in [0.1, 0.15) is 12.1 Å². The normalized spacial score (nSPS) is 29.2. The molecule has 0 bridgehead atoms. The van der Waals surface area contributed by atoms with Crippen molar-refractivity contribution in [2.45, 2.75) is 38.0 Å². The molecule has 5 nitrogen and oxygen atoms in total. The van der Waals surface area contributed by atoms with Gasteiger partial charge < -0.3 is 14.9 Å². The Kier molecular flexibility index (Phi) is 4.49. The lowest BCUT2D eigenvalue weighted by molar-refractivity contribution is 0.149. The Morgan fingerprint density at radius 1 is 1.04 bits per heavy atom. The van der Waals surface area contributed by atoms with Crippen molar-refractivity contribution in [3.8, 4) is 0 Å². The molecule has 3 aliphatic rings. The van der Waals surface area contributed by atoms with Crippen LogP contribution in [0.25, 0.3) is 0 Å². The van der Waals surface area contributed by atoms with Crippen LogP contribution < -0.4 is 4.90 Å². The number of hydrogen-bond donors (Lipinski definition) is 1. The van der Waals surface area contributed by atoms with E-state index in [0.717, 1.165) is 25.5 Å². The first kappa shape index (κ1) is 15.3. The van der Waals surface area contributed by atoms with Crippen LogP contribution in [-0.2, 0) is 0 Å². The van der Waals surface area contributed by atoms with Crippen LogP contribution in [0.5, 0.6) is 0 Å². The number of likely N-dealkylation sites (tertiary alicyclic amines) is 1. The summed E-state index contributed by atoms with van der Waals surface area (Å²) in [4.78, 5) is 13.9. The predicted molar refractivity (Wildman–Crippen MR) is 90.6 cm³/mol. The number of aliphatic hydroxyl groups is 1. The first-order valence-electron chi connectivity index (χ1n) is 9.23. The molecule has 4 rings (SSSR count). The van der Waals surface area contributed by atoms with Crippen LogP contribution in [0.15, 0.2) is 12.4 Å². The van der Waals surface area contributed by atoms with Gasteiger partial charge in [-0.15, -0.1) is 0 Å². The highest BCUT2D eigenvalue weighted by Gasteiger charge is 2.35. The number of hydrogen-bond acceptors (Lipinski definition) is 5. The fourth-order valence-electron chi connectivity index (χ4n) is 4.15. The topological polar surface area (TPSA) is 52.5 Å². The molecule has 5 heteroatoms. The summed E-state index contributed by atoms with van der Waals surface area (Å²) in [5.74, 6) is 2.65. The second kappa shape index (κ2) is 6.73. The average molecular weight is 316 g/mol. The van der Waals surface area contributed by atoms with E-state index < -0.39 is 0 Å². The minimum Gasteiger partial charge on any atom is -0.396 e. The van der Waals surface area contributed by atoms with Crippen LogP contribution in [0.2, 0.25) is 0 Å². The molecule has 1 aromatic rings. The maximum Gasteiger partial charge on any atom is 0.132 e. The largest absolute Gasteiger partial charge is 0.396 e. The monoisotopic (exact) mass is 316 g/mol. The second-order valence-electron chi connectivity index (χ2n) is 7.54. The summed E-state index contributed by atoms with van der Waals surface area (Å²) in [5, 5.41) is 9.81. The maximum absolute atomic E-state index is 9.81. The number of piperidine rings is 1. The van der Waals surface area contributed by atoms with E-state index in [9.17, 15) is 5.11 Å². The highest BCUT2D eigenvalue weighted by Crippen LogP contribution is 2.40. The molecule has 0 amide bonds. The van der Waals surface area contributed by atoms with Gasteiger partial charge in [-0.05, 0) is 44.7 Å². The summed E-state index contributed by atoms with van der Waals surface area (Å²) in [6.07, 6.45) is 8.30. The van der Waals surface area contributed by atoms with E-state index in [1.807, 2.05) is 0 Å². The SMILES string of the molecule is OC[C@@H]1CN(c2cc(C3CC3)ncn2)C[C@@H]1CN1CCCCC1. The number of rotatable bonds is 5. The fourth-order valence-corrected chi connectivity index (χ4v) is 4.15. The summed E-state index contributed by atoms with van der Waals surface area (Å²) < 4.78 is 0. The third-order valence-corrected chi connectivity index (χ3v) is 5.75. The van der Waals surface area contributed by atoms with Crippen LogP contribution in [0, 0.1) is 11.8 Å². The Labute approximate surface area is 138 Å². The van der Waals surface area contributed by atoms with Crippen molar-refractivity contribution in [1.29, 1.82) is 0 Å². The van der Waals surface area contributed by atoms with E-state index in [1.165, 1.54) is 50.9 Å². The molecule has 2 saturated heterocycles. The van der Waals surface area contributed by atoms with E-state index in [-0.39, 0.29) is 6.61 Å². The summed E-state index contributed by atoms with van der Waals surface area (Å²) in [6, 6.07) is 2.18. The highest BCUT2D eigenvalue weighted by atomic mass is 16.3. The highest BCUT2D eigenvalue weighted by molar-refractivity contribution is 5.42. The Morgan fingerprint density at radius 2 is 1.83 bits per heavy atom. The minimum absolute atomic E-state index is 0.287. The Hall–Kier alpha value is -1.20. The Morgan fingerprint density at radius 3 is 2.57 bits per heavy atom. The molecule has 1 aromatic heterocycles. The van der Waals surface area contributed by atoms with Gasteiger partial charge in [-0.25, -0.2) is 9.97 Å². The first-order chi connectivity index (χ1) is 11.3. The molecule has 2 atom stereocenters. The molecule has 3 fully saturated rings. The lowest BCUT2D eigenvalue weighted by atomic mass is 9.95. The zero-order valence-corrected chi connectivity index (χ0v) is 13.9. The summed E-state index contributed by atoms with van der Waals surface area (Å²) >= 11 is 0. The number of aromatic nitrogens is 2. The van der Waals surface area contributed by atoms with Gasteiger partial charge in [0, 0.05) is 49.8 Å². The number of anilines is 1. The molecular formula is C18H28N4O. The lowest BCUT2D eigenvalue weighted by Gasteiger charge is -2.30. The van der Waals surface area contributed by atoms with Crippen molar-refractivity contribution in [2.24, 2.45) is 11.8 Å². The van der Waals surface area contributed by atoms with Gasteiger partial charge in [-0.3, -0.25) is 0 Å². The summed E-state index contributed by atoms with van der Waals surface area (Å²) in [6.45, 7) is 5.82. The molecule has 0 unspecified atom stereocenters. The van der Waals surface area contributed by atoms with Crippen molar-refractivity contribution in [1.82, 2.24) is 14.9 Å². The molecule has 2 aliphatic heterocycles. The molecule has 0 radical (unpaired) electrons. The zero-order valence-electron chi connectivity index (χ0n) is 13.9. The van der Waals surface area contributed by atoms with Gasteiger partial charge in [0.2, 0.25) is 0 Å². The van der Waals surface area contributed by atoms with Crippen LogP contribution >= 0.6 is 0 Å². The Balaban J connectivity index is 1.43.